The van der Waals surface area contributed by atoms with Gasteiger partial charge in [0.1, 0.15) is 6.33 Å². The highest BCUT2D eigenvalue weighted by molar-refractivity contribution is 5.94. The minimum atomic E-state index is -0.0451. The molecule has 2 N–H and O–H groups in total. The number of amides is 1. The van der Waals surface area contributed by atoms with E-state index in [0.717, 1.165) is 18.7 Å². The molecule has 1 aliphatic heterocycles. The molecule has 2 aromatic rings. The van der Waals surface area contributed by atoms with E-state index in [1.807, 2.05) is 12.1 Å². The van der Waals surface area contributed by atoms with Gasteiger partial charge in [-0.25, -0.2) is 4.68 Å². The van der Waals surface area contributed by atoms with E-state index in [9.17, 15) is 4.79 Å². The Morgan fingerprint density at radius 2 is 2.24 bits per heavy atom. The Balaban J connectivity index is 1.52. The molecule has 110 valence electrons. The average Bonchev–Trinajstić information content (AvgIpc) is 3.21. The summed E-state index contributed by atoms with van der Waals surface area (Å²) in [5.74, 6) is -0.0451. The number of hydrogen-bond donors (Lipinski definition) is 2. The van der Waals surface area contributed by atoms with E-state index in [1.165, 1.54) is 19.2 Å². The third-order valence-electron chi connectivity index (χ3n) is 3.68. The number of hydrogen-bond acceptors (Lipinski definition) is 5. The van der Waals surface area contributed by atoms with Crippen LogP contribution in [-0.4, -0.2) is 45.2 Å². The summed E-state index contributed by atoms with van der Waals surface area (Å²) in [4.78, 5) is 12.0. The molecule has 0 bridgehead atoms. The predicted octanol–water partition coefficient (Wildman–Crippen LogP) is 0.534. The fraction of sp³-hybridized carbons (Fsp3) is 0.429. The van der Waals surface area contributed by atoms with Gasteiger partial charge in [0.15, 0.2) is 0 Å². The molecule has 3 rings (SSSR count). The van der Waals surface area contributed by atoms with Gasteiger partial charge in [0.05, 0.1) is 5.69 Å². The summed E-state index contributed by atoms with van der Waals surface area (Å²) in [6.07, 6.45) is 4.94. The lowest BCUT2D eigenvalue weighted by molar-refractivity contribution is 0.0952. The minimum absolute atomic E-state index is 0.0451. The van der Waals surface area contributed by atoms with Gasteiger partial charge in [-0.1, -0.05) is 0 Å². The fourth-order valence-electron chi connectivity index (χ4n) is 2.51. The van der Waals surface area contributed by atoms with Crippen LogP contribution in [0.2, 0.25) is 0 Å². The minimum Gasteiger partial charge on any atom is -0.352 e. The molecule has 0 aliphatic carbocycles. The smallest absolute Gasteiger partial charge is 0.251 e. The quantitative estimate of drug-likeness (QED) is 0.837. The molecular formula is C14H18N6O. The zero-order chi connectivity index (χ0) is 14.5. The molecule has 7 heteroatoms. The first kappa shape index (κ1) is 13.7. The van der Waals surface area contributed by atoms with Crippen molar-refractivity contribution in [2.75, 3.05) is 13.1 Å². The van der Waals surface area contributed by atoms with Crippen molar-refractivity contribution in [3.8, 4) is 5.69 Å². The first-order valence-electron chi connectivity index (χ1n) is 7.18. The normalized spacial score (nSPS) is 17.8. The molecule has 0 unspecified atom stereocenters. The van der Waals surface area contributed by atoms with E-state index in [4.69, 9.17) is 0 Å². The summed E-state index contributed by atoms with van der Waals surface area (Å²) in [6.45, 7) is 1.79. The fourth-order valence-corrected chi connectivity index (χ4v) is 2.51. The van der Waals surface area contributed by atoms with Crippen LogP contribution in [0.5, 0.6) is 0 Å². The van der Waals surface area contributed by atoms with Crippen molar-refractivity contribution < 1.29 is 4.79 Å². The van der Waals surface area contributed by atoms with E-state index >= 15 is 0 Å². The molecule has 1 aromatic carbocycles. The molecule has 7 nitrogen and oxygen atoms in total. The maximum atomic E-state index is 12.0. The Morgan fingerprint density at radius 3 is 2.90 bits per heavy atom. The van der Waals surface area contributed by atoms with Crippen LogP contribution in [-0.2, 0) is 0 Å². The molecule has 1 saturated heterocycles. The van der Waals surface area contributed by atoms with Gasteiger partial charge in [-0.05, 0) is 60.5 Å². The van der Waals surface area contributed by atoms with Gasteiger partial charge >= 0.3 is 0 Å². The van der Waals surface area contributed by atoms with Gasteiger partial charge in [0.2, 0.25) is 0 Å². The summed E-state index contributed by atoms with van der Waals surface area (Å²) < 4.78 is 1.55. The predicted molar refractivity (Wildman–Crippen MR) is 77.1 cm³/mol. The SMILES string of the molecule is O=C(NCC[C@H]1CCCN1)c1ccc(-n2cnnn2)cc1. The molecule has 21 heavy (non-hydrogen) atoms. The highest BCUT2D eigenvalue weighted by Crippen LogP contribution is 2.09. The van der Waals surface area contributed by atoms with Crippen LogP contribution in [0.25, 0.3) is 5.69 Å². The zero-order valence-electron chi connectivity index (χ0n) is 11.7. The molecule has 0 radical (unpaired) electrons. The first-order valence-corrected chi connectivity index (χ1v) is 7.18. The van der Waals surface area contributed by atoms with Crippen molar-refractivity contribution in [2.45, 2.75) is 25.3 Å². The van der Waals surface area contributed by atoms with Crippen molar-refractivity contribution in [1.29, 1.82) is 0 Å². The summed E-state index contributed by atoms with van der Waals surface area (Å²) in [6, 6.07) is 7.75. The standard InChI is InChI=1S/C14H18N6O/c21-14(16-9-7-12-2-1-8-15-12)11-3-5-13(6-4-11)20-10-17-18-19-20/h3-6,10,12,15H,1-2,7-9H2,(H,16,21)/t12-/m1/s1. The first-order chi connectivity index (χ1) is 10.3. The third-order valence-corrected chi connectivity index (χ3v) is 3.68. The largest absolute Gasteiger partial charge is 0.352 e. The van der Waals surface area contributed by atoms with Gasteiger partial charge in [-0.3, -0.25) is 4.79 Å². The number of carbonyl (C=O) groups excluding carboxylic acids is 1. The molecule has 0 spiro atoms. The van der Waals surface area contributed by atoms with Crippen LogP contribution in [0.3, 0.4) is 0 Å². The van der Waals surface area contributed by atoms with Gasteiger partial charge in [-0.15, -0.1) is 5.10 Å². The van der Waals surface area contributed by atoms with Crippen molar-refractivity contribution in [2.24, 2.45) is 0 Å². The van der Waals surface area contributed by atoms with Crippen LogP contribution in [0.4, 0.5) is 0 Å². The summed E-state index contributed by atoms with van der Waals surface area (Å²) in [5, 5.41) is 17.3. The van der Waals surface area contributed by atoms with Gasteiger partial charge in [-0.2, -0.15) is 0 Å². The van der Waals surface area contributed by atoms with E-state index in [-0.39, 0.29) is 5.91 Å². The second-order valence-corrected chi connectivity index (χ2v) is 5.14. The maximum absolute atomic E-state index is 12.0. The number of nitrogens with zero attached hydrogens (tertiary/aromatic N) is 4. The summed E-state index contributed by atoms with van der Waals surface area (Å²) in [7, 11) is 0. The number of benzene rings is 1. The Bertz CT molecular complexity index is 574. The van der Waals surface area contributed by atoms with Crippen LogP contribution in [0, 0.1) is 0 Å². The van der Waals surface area contributed by atoms with Crippen molar-refractivity contribution in [3.63, 3.8) is 0 Å². The second-order valence-electron chi connectivity index (χ2n) is 5.14. The average molecular weight is 286 g/mol. The number of aromatic nitrogens is 4. The number of rotatable bonds is 5. The lowest BCUT2D eigenvalue weighted by atomic mass is 10.1. The van der Waals surface area contributed by atoms with Gasteiger partial charge in [0.25, 0.3) is 5.91 Å². The summed E-state index contributed by atoms with van der Waals surface area (Å²) in [5.41, 5.74) is 1.47. The van der Waals surface area contributed by atoms with Gasteiger partial charge < -0.3 is 10.6 Å². The topological polar surface area (TPSA) is 84.7 Å². The number of tetrazole rings is 1. The lowest BCUT2D eigenvalue weighted by Crippen LogP contribution is -2.30. The molecule has 1 amide bonds. The number of nitrogens with one attached hydrogen (secondary N) is 2. The Kier molecular flexibility index (Phi) is 4.20. The lowest BCUT2D eigenvalue weighted by Gasteiger charge is -2.11. The van der Waals surface area contributed by atoms with E-state index in [1.54, 1.807) is 16.8 Å². The monoisotopic (exact) mass is 286 g/mol. The molecule has 1 fully saturated rings. The molecule has 1 aromatic heterocycles. The molecular weight excluding hydrogens is 268 g/mol. The highest BCUT2D eigenvalue weighted by atomic mass is 16.1. The molecule has 0 saturated carbocycles. The van der Waals surface area contributed by atoms with E-state index < -0.39 is 0 Å². The van der Waals surface area contributed by atoms with Crippen molar-refractivity contribution >= 4 is 5.91 Å². The van der Waals surface area contributed by atoms with E-state index in [0.29, 0.717) is 18.2 Å². The molecule has 1 atom stereocenters. The van der Waals surface area contributed by atoms with Crippen molar-refractivity contribution in [3.05, 3.63) is 36.2 Å². The Morgan fingerprint density at radius 1 is 1.38 bits per heavy atom. The molecule has 2 heterocycles. The Hall–Kier alpha value is -2.28. The maximum Gasteiger partial charge on any atom is 0.251 e. The van der Waals surface area contributed by atoms with Crippen LogP contribution < -0.4 is 10.6 Å². The van der Waals surface area contributed by atoms with Crippen LogP contribution in [0.1, 0.15) is 29.6 Å². The molecule has 1 aliphatic rings. The highest BCUT2D eigenvalue weighted by Gasteiger charge is 2.14. The van der Waals surface area contributed by atoms with Crippen molar-refractivity contribution in [1.82, 2.24) is 30.8 Å². The van der Waals surface area contributed by atoms with Crippen LogP contribution in [0.15, 0.2) is 30.6 Å². The van der Waals surface area contributed by atoms with Crippen LogP contribution >= 0.6 is 0 Å². The van der Waals surface area contributed by atoms with E-state index in [2.05, 4.69) is 26.2 Å². The third kappa shape index (κ3) is 3.43. The second kappa shape index (κ2) is 6.45. The Labute approximate surface area is 122 Å². The summed E-state index contributed by atoms with van der Waals surface area (Å²) >= 11 is 0. The zero-order valence-corrected chi connectivity index (χ0v) is 11.7. The van der Waals surface area contributed by atoms with Gasteiger partial charge in [0, 0.05) is 18.2 Å². The number of carbonyl (C=O) groups is 1.